The molecule has 0 bridgehead atoms. The summed E-state index contributed by atoms with van der Waals surface area (Å²) in [4.78, 5) is 10.7. The average molecular weight is 325 g/mol. The Morgan fingerprint density at radius 2 is 1.74 bits per heavy atom. The van der Waals surface area contributed by atoms with E-state index < -0.39 is 10.0 Å². The largest absolute Gasteiger partial charge is 0.299 e. The summed E-state index contributed by atoms with van der Waals surface area (Å²) in [5.74, 6) is 0. The summed E-state index contributed by atoms with van der Waals surface area (Å²) in [6.45, 7) is 1.91. The number of nitrogens with zero attached hydrogens (tertiary/aromatic N) is 1. The second-order valence-electron chi connectivity index (χ2n) is 5.24. The maximum absolute atomic E-state index is 12.8. The van der Waals surface area contributed by atoms with Crippen molar-refractivity contribution in [1.82, 2.24) is 3.97 Å². The van der Waals surface area contributed by atoms with Crippen molar-refractivity contribution < 1.29 is 13.2 Å². The number of aldehydes is 1. The molecule has 2 aromatic carbocycles. The summed E-state index contributed by atoms with van der Waals surface area (Å²) in [7, 11) is -3.65. The van der Waals surface area contributed by atoms with E-state index in [0.717, 1.165) is 16.5 Å². The molecule has 0 saturated heterocycles. The monoisotopic (exact) mass is 325 g/mol. The van der Waals surface area contributed by atoms with Gasteiger partial charge in [0.1, 0.15) is 6.29 Å². The number of aryl methyl sites for hydroxylation is 1. The Balaban J connectivity index is 2.16. The maximum Gasteiger partial charge on any atom is 0.268 e. The van der Waals surface area contributed by atoms with Gasteiger partial charge in [-0.2, -0.15) is 0 Å². The van der Waals surface area contributed by atoms with Gasteiger partial charge in [-0.15, -0.1) is 0 Å². The highest BCUT2D eigenvalue weighted by Crippen LogP contribution is 2.24. The van der Waals surface area contributed by atoms with Crippen LogP contribution < -0.4 is 0 Å². The fraction of sp³-hybridized carbons (Fsp3) is 0.0556. The number of aromatic nitrogens is 1. The molecule has 1 heterocycles. The minimum Gasteiger partial charge on any atom is -0.299 e. The normalized spacial score (nSPS) is 12.0. The Bertz CT molecular complexity index is 996. The zero-order valence-electron chi connectivity index (χ0n) is 12.5. The maximum atomic E-state index is 12.8. The van der Waals surface area contributed by atoms with E-state index in [-0.39, 0.29) is 4.90 Å². The van der Waals surface area contributed by atoms with Crippen molar-refractivity contribution >= 4 is 33.3 Å². The first-order chi connectivity index (χ1) is 11.0. The van der Waals surface area contributed by atoms with E-state index in [0.29, 0.717) is 11.8 Å². The zero-order valence-corrected chi connectivity index (χ0v) is 13.3. The first-order valence-corrected chi connectivity index (χ1v) is 8.51. The fourth-order valence-electron chi connectivity index (χ4n) is 2.41. The summed E-state index contributed by atoms with van der Waals surface area (Å²) < 4.78 is 26.9. The quantitative estimate of drug-likeness (QED) is 0.546. The Kier molecular flexibility index (Phi) is 3.88. The van der Waals surface area contributed by atoms with Crippen molar-refractivity contribution in [3.8, 4) is 0 Å². The number of fused-ring (bicyclic) bond motifs is 1. The molecular formula is C18H15NO3S. The molecule has 0 aliphatic rings. The van der Waals surface area contributed by atoms with Gasteiger partial charge in [-0.25, -0.2) is 12.4 Å². The predicted molar refractivity (Wildman–Crippen MR) is 90.8 cm³/mol. The number of carbonyl (C=O) groups is 1. The molecule has 0 fully saturated rings. The van der Waals surface area contributed by atoms with Crippen LogP contribution in [0, 0.1) is 6.92 Å². The lowest BCUT2D eigenvalue weighted by Gasteiger charge is -2.08. The van der Waals surface area contributed by atoms with Gasteiger partial charge in [-0.05, 0) is 42.8 Å². The van der Waals surface area contributed by atoms with Crippen LogP contribution >= 0.6 is 0 Å². The highest BCUT2D eigenvalue weighted by atomic mass is 32.2. The number of carbonyl (C=O) groups excluding carboxylic acids is 1. The Morgan fingerprint density at radius 1 is 1.00 bits per heavy atom. The van der Waals surface area contributed by atoms with Crippen LogP contribution in [0.25, 0.3) is 17.0 Å². The summed E-state index contributed by atoms with van der Waals surface area (Å²) in [5, 5.41) is 0.823. The SMILES string of the molecule is Cc1ccc(S(=O)(=O)n2ccc3ccc(/C=C/C=O)cc32)cc1. The fourth-order valence-corrected chi connectivity index (χ4v) is 3.75. The lowest BCUT2D eigenvalue weighted by atomic mass is 10.1. The molecule has 4 nitrogen and oxygen atoms in total. The predicted octanol–water partition coefficient (Wildman–Crippen LogP) is 3.40. The van der Waals surface area contributed by atoms with Gasteiger partial charge in [-0.3, -0.25) is 4.79 Å². The van der Waals surface area contributed by atoms with E-state index in [4.69, 9.17) is 0 Å². The molecule has 3 rings (SSSR count). The molecule has 0 unspecified atom stereocenters. The minimum atomic E-state index is -3.65. The second kappa shape index (κ2) is 5.85. The van der Waals surface area contributed by atoms with Gasteiger partial charge in [-0.1, -0.05) is 35.9 Å². The third-order valence-electron chi connectivity index (χ3n) is 3.63. The van der Waals surface area contributed by atoms with E-state index in [1.807, 2.05) is 19.1 Å². The summed E-state index contributed by atoms with van der Waals surface area (Å²) in [6.07, 6.45) is 5.25. The molecule has 116 valence electrons. The first kappa shape index (κ1) is 15.2. The molecule has 0 aliphatic heterocycles. The standard InChI is InChI=1S/C18H15NO3S/c1-14-4-8-17(9-5-14)23(21,22)19-11-10-16-7-6-15(3-2-12-20)13-18(16)19/h2-13H,1H3/b3-2+. The molecule has 0 atom stereocenters. The van der Waals surface area contributed by atoms with E-state index in [2.05, 4.69) is 0 Å². The highest BCUT2D eigenvalue weighted by molar-refractivity contribution is 7.90. The van der Waals surface area contributed by atoms with Crippen molar-refractivity contribution in [3.05, 3.63) is 71.9 Å². The molecule has 0 amide bonds. The van der Waals surface area contributed by atoms with Crippen molar-refractivity contribution in [2.75, 3.05) is 0 Å². The van der Waals surface area contributed by atoms with E-state index in [1.54, 1.807) is 48.7 Å². The number of allylic oxidation sites excluding steroid dienone is 1. The Morgan fingerprint density at radius 3 is 2.43 bits per heavy atom. The van der Waals surface area contributed by atoms with Gasteiger partial charge in [0.25, 0.3) is 10.0 Å². The number of rotatable bonds is 4. The molecule has 5 heteroatoms. The summed E-state index contributed by atoms with van der Waals surface area (Å²) in [6, 6.07) is 13.9. The first-order valence-electron chi connectivity index (χ1n) is 7.07. The molecule has 0 aliphatic carbocycles. The van der Waals surface area contributed by atoms with Crippen molar-refractivity contribution in [3.63, 3.8) is 0 Å². The Labute approximate surface area is 134 Å². The highest BCUT2D eigenvalue weighted by Gasteiger charge is 2.18. The van der Waals surface area contributed by atoms with Gasteiger partial charge >= 0.3 is 0 Å². The molecule has 0 spiro atoms. The minimum absolute atomic E-state index is 0.245. The van der Waals surface area contributed by atoms with Crippen LogP contribution in [0.2, 0.25) is 0 Å². The van der Waals surface area contributed by atoms with Gasteiger partial charge < -0.3 is 0 Å². The number of hydrogen-bond acceptors (Lipinski definition) is 3. The van der Waals surface area contributed by atoms with Gasteiger partial charge in [0.15, 0.2) is 0 Å². The van der Waals surface area contributed by atoms with Crippen molar-refractivity contribution in [2.45, 2.75) is 11.8 Å². The van der Waals surface area contributed by atoms with Crippen LogP contribution in [0.4, 0.5) is 0 Å². The van der Waals surface area contributed by atoms with Crippen molar-refractivity contribution in [2.24, 2.45) is 0 Å². The average Bonchev–Trinajstić information content (AvgIpc) is 2.97. The molecule has 0 saturated carbocycles. The van der Waals surface area contributed by atoms with E-state index in [9.17, 15) is 13.2 Å². The van der Waals surface area contributed by atoms with E-state index in [1.165, 1.54) is 10.0 Å². The second-order valence-corrected chi connectivity index (χ2v) is 7.06. The van der Waals surface area contributed by atoms with Crippen LogP contribution in [0.5, 0.6) is 0 Å². The van der Waals surface area contributed by atoms with Crippen molar-refractivity contribution in [1.29, 1.82) is 0 Å². The smallest absolute Gasteiger partial charge is 0.268 e. The van der Waals surface area contributed by atoms with Crippen LogP contribution in [-0.4, -0.2) is 18.7 Å². The van der Waals surface area contributed by atoms with Crippen LogP contribution in [0.15, 0.2) is 65.7 Å². The third kappa shape index (κ3) is 2.83. The van der Waals surface area contributed by atoms with Crippen LogP contribution in [0.3, 0.4) is 0 Å². The lowest BCUT2D eigenvalue weighted by molar-refractivity contribution is -0.104. The topological polar surface area (TPSA) is 56.1 Å². The third-order valence-corrected chi connectivity index (χ3v) is 5.33. The molecular weight excluding hydrogens is 310 g/mol. The van der Waals surface area contributed by atoms with Gasteiger partial charge in [0, 0.05) is 11.6 Å². The molecule has 0 N–H and O–H groups in total. The lowest BCUT2D eigenvalue weighted by Crippen LogP contribution is -2.11. The molecule has 1 aromatic heterocycles. The Hall–Kier alpha value is -2.66. The molecule has 3 aromatic rings. The summed E-state index contributed by atoms with van der Waals surface area (Å²) in [5.41, 5.74) is 2.35. The van der Waals surface area contributed by atoms with Gasteiger partial charge in [0.2, 0.25) is 0 Å². The van der Waals surface area contributed by atoms with Crippen LogP contribution in [0.1, 0.15) is 11.1 Å². The zero-order chi connectivity index (χ0) is 16.4. The van der Waals surface area contributed by atoms with Gasteiger partial charge in [0.05, 0.1) is 10.4 Å². The number of benzene rings is 2. The van der Waals surface area contributed by atoms with Crippen LogP contribution in [-0.2, 0) is 14.8 Å². The summed E-state index contributed by atoms with van der Waals surface area (Å²) >= 11 is 0. The number of hydrogen-bond donors (Lipinski definition) is 0. The molecule has 23 heavy (non-hydrogen) atoms. The molecule has 0 radical (unpaired) electrons. The van der Waals surface area contributed by atoms with E-state index >= 15 is 0 Å².